The van der Waals surface area contributed by atoms with Crippen LogP contribution in [-0.4, -0.2) is 13.7 Å². The van der Waals surface area contributed by atoms with E-state index in [4.69, 9.17) is 4.74 Å². The van der Waals surface area contributed by atoms with Crippen LogP contribution in [0.15, 0.2) is 54.6 Å². The molecule has 0 aromatic heterocycles. The van der Waals surface area contributed by atoms with Crippen LogP contribution < -0.4 is 10.1 Å². The van der Waals surface area contributed by atoms with Crippen molar-refractivity contribution >= 4 is 0 Å². The topological polar surface area (TPSA) is 21.3 Å². The zero-order valence-electron chi connectivity index (χ0n) is 12.1. The molecule has 0 aliphatic heterocycles. The van der Waals surface area contributed by atoms with E-state index in [0.717, 1.165) is 18.8 Å². The molecule has 2 heteroatoms. The lowest BCUT2D eigenvalue weighted by Gasteiger charge is -2.07. The first kappa shape index (κ1) is 14.6. The average molecular weight is 269 g/mol. The molecule has 106 valence electrons. The largest absolute Gasteiger partial charge is 0.497 e. The Kier molecular flexibility index (Phi) is 6.12. The number of hydrogen-bond acceptors (Lipinski definition) is 2. The molecular weight excluding hydrogens is 246 g/mol. The molecule has 0 heterocycles. The van der Waals surface area contributed by atoms with Gasteiger partial charge in [-0.05, 0) is 49.1 Å². The Morgan fingerprint density at radius 2 is 1.70 bits per heavy atom. The van der Waals surface area contributed by atoms with Gasteiger partial charge in [-0.3, -0.25) is 0 Å². The van der Waals surface area contributed by atoms with Gasteiger partial charge >= 0.3 is 0 Å². The third-order valence-electron chi connectivity index (χ3n) is 3.38. The molecule has 2 nitrogen and oxygen atoms in total. The van der Waals surface area contributed by atoms with Crippen molar-refractivity contribution in [1.29, 1.82) is 0 Å². The summed E-state index contributed by atoms with van der Waals surface area (Å²) in [4.78, 5) is 0. The molecule has 0 unspecified atom stereocenters. The summed E-state index contributed by atoms with van der Waals surface area (Å²) < 4.78 is 5.22. The second kappa shape index (κ2) is 8.39. The Morgan fingerprint density at radius 3 is 2.50 bits per heavy atom. The van der Waals surface area contributed by atoms with E-state index in [1.165, 1.54) is 30.4 Å². The quantitative estimate of drug-likeness (QED) is 0.736. The lowest BCUT2D eigenvalue weighted by atomic mass is 10.1. The fourth-order valence-electron chi connectivity index (χ4n) is 2.24. The van der Waals surface area contributed by atoms with Crippen molar-refractivity contribution in [2.75, 3.05) is 13.7 Å². The fourth-order valence-corrected chi connectivity index (χ4v) is 2.24. The second-order valence-corrected chi connectivity index (χ2v) is 4.97. The lowest BCUT2D eigenvalue weighted by Crippen LogP contribution is -2.14. The van der Waals surface area contributed by atoms with Gasteiger partial charge in [0, 0.05) is 6.54 Å². The van der Waals surface area contributed by atoms with E-state index in [1.54, 1.807) is 7.11 Å². The summed E-state index contributed by atoms with van der Waals surface area (Å²) in [6.07, 6.45) is 3.61. The summed E-state index contributed by atoms with van der Waals surface area (Å²) in [5, 5.41) is 3.48. The van der Waals surface area contributed by atoms with Crippen molar-refractivity contribution in [3.8, 4) is 5.75 Å². The predicted molar refractivity (Wildman–Crippen MR) is 84.1 cm³/mol. The highest BCUT2D eigenvalue weighted by atomic mass is 16.5. The van der Waals surface area contributed by atoms with Gasteiger partial charge in [-0.2, -0.15) is 0 Å². The zero-order valence-corrected chi connectivity index (χ0v) is 12.1. The molecule has 0 radical (unpaired) electrons. The molecule has 0 aliphatic rings. The molecule has 0 aliphatic carbocycles. The van der Waals surface area contributed by atoms with Gasteiger partial charge in [-0.25, -0.2) is 0 Å². The number of unbranched alkanes of at least 4 members (excludes halogenated alkanes) is 1. The van der Waals surface area contributed by atoms with Crippen LogP contribution in [0.5, 0.6) is 5.75 Å². The molecule has 0 atom stereocenters. The predicted octanol–water partition coefficient (Wildman–Crippen LogP) is 3.81. The molecule has 0 saturated carbocycles. The number of aryl methyl sites for hydroxylation is 1. The van der Waals surface area contributed by atoms with Crippen molar-refractivity contribution < 1.29 is 4.74 Å². The van der Waals surface area contributed by atoms with E-state index in [9.17, 15) is 0 Å². The minimum absolute atomic E-state index is 0.905. The standard InChI is InChI=1S/C18H23NO/c1-20-18-12-7-11-17(14-18)15-19-13-6-5-10-16-8-3-2-4-9-16/h2-4,7-9,11-12,14,19H,5-6,10,13,15H2,1H3. The van der Waals surface area contributed by atoms with Crippen molar-refractivity contribution in [3.63, 3.8) is 0 Å². The molecule has 0 bridgehead atoms. The summed E-state index contributed by atoms with van der Waals surface area (Å²) in [7, 11) is 1.70. The first-order chi connectivity index (χ1) is 9.88. The van der Waals surface area contributed by atoms with Crippen LogP contribution in [0.3, 0.4) is 0 Å². The summed E-state index contributed by atoms with van der Waals surface area (Å²) >= 11 is 0. The van der Waals surface area contributed by atoms with Gasteiger partial charge in [-0.15, -0.1) is 0 Å². The van der Waals surface area contributed by atoms with Gasteiger partial charge in [0.1, 0.15) is 5.75 Å². The fraction of sp³-hybridized carbons (Fsp3) is 0.333. The van der Waals surface area contributed by atoms with Crippen LogP contribution in [0.25, 0.3) is 0 Å². The monoisotopic (exact) mass is 269 g/mol. The first-order valence-corrected chi connectivity index (χ1v) is 7.26. The number of rotatable bonds is 8. The van der Waals surface area contributed by atoms with Gasteiger partial charge in [0.2, 0.25) is 0 Å². The van der Waals surface area contributed by atoms with Crippen LogP contribution in [0.1, 0.15) is 24.0 Å². The van der Waals surface area contributed by atoms with Crippen LogP contribution in [0.2, 0.25) is 0 Å². The number of benzene rings is 2. The van der Waals surface area contributed by atoms with Crippen LogP contribution in [0.4, 0.5) is 0 Å². The van der Waals surface area contributed by atoms with Crippen LogP contribution in [-0.2, 0) is 13.0 Å². The summed E-state index contributed by atoms with van der Waals surface area (Å²) in [6, 6.07) is 18.9. The third-order valence-corrected chi connectivity index (χ3v) is 3.38. The van der Waals surface area contributed by atoms with Crippen LogP contribution in [0, 0.1) is 0 Å². The maximum absolute atomic E-state index is 5.22. The third kappa shape index (κ3) is 5.06. The van der Waals surface area contributed by atoms with E-state index in [0.29, 0.717) is 0 Å². The molecule has 0 spiro atoms. The maximum atomic E-state index is 5.22. The van der Waals surface area contributed by atoms with Gasteiger partial charge in [0.15, 0.2) is 0 Å². The van der Waals surface area contributed by atoms with Crippen molar-refractivity contribution in [2.45, 2.75) is 25.8 Å². The average Bonchev–Trinajstić information content (AvgIpc) is 2.52. The smallest absolute Gasteiger partial charge is 0.119 e. The van der Waals surface area contributed by atoms with Gasteiger partial charge in [0.05, 0.1) is 7.11 Å². The first-order valence-electron chi connectivity index (χ1n) is 7.26. The molecule has 2 aromatic rings. The minimum atomic E-state index is 0.905. The molecule has 0 fully saturated rings. The summed E-state index contributed by atoms with van der Waals surface area (Å²) in [5.74, 6) is 0.924. The second-order valence-electron chi connectivity index (χ2n) is 4.97. The summed E-state index contributed by atoms with van der Waals surface area (Å²) in [5.41, 5.74) is 2.70. The maximum Gasteiger partial charge on any atom is 0.119 e. The van der Waals surface area contributed by atoms with Crippen molar-refractivity contribution in [1.82, 2.24) is 5.32 Å². The normalized spacial score (nSPS) is 10.4. The van der Waals surface area contributed by atoms with Gasteiger partial charge in [-0.1, -0.05) is 42.5 Å². The van der Waals surface area contributed by atoms with E-state index in [-0.39, 0.29) is 0 Å². The molecular formula is C18H23NO. The molecule has 0 saturated heterocycles. The molecule has 20 heavy (non-hydrogen) atoms. The highest BCUT2D eigenvalue weighted by molar-refractivity contribution is 5.28. The SMILES string of the molecule is COc1cccc(CNCCCCc2ccccc2)c1. The van der Waals surface area contributed by atoms with E-state index >= 15 is 0 Å². The Bertz CT molecular complexity index is 496. The number of nitrogens with one attached hydrogen (secondary N) is 1. The number of ether oxygens (including phenoxy) is 1. The molecule has 1 N–H and O–H groups in total. The molecule has 2 aromatic carbocycles. The van der Waals surface area contributed by atoms with Crippen molar-refractivity contribution in [2.24, 2.45) is 0 Å². The Labute approximate surface area is 121 Å². The van der Waals surface area contributed by atoms with Crippen molar-refractivity contribution in [3.05, 3.63) is 65.7 Å². The highest BCUT2D eigenvalue weighted by Crippen LogP contribution is 2.12. The summed E-state index contributed by atoms with van der Waals surface area (Å²) in [6.45, 7) is 1.96. The van der Waals surface area contributed by atoms with E-state index in [2.05, 4.69) is 47.8 Å². The highest BCUT2D eigenvalue weighted by Gasteiger charge is 1.96. The number of methoxy groups -OCH3 is 1. The Hall–Kier alpha value is -1.80. The minimum Gasteiger partial charge on any atom is -0.497 e. The molecule has 0 amide bonds. The lowest BCUT2D eigenvalue weighted by molar-refractivity contribution is 0.414. The van der Waals surface area contributed by atoms with Gasteiger partial charge < -0.3 is 10.1 Å². The molecule has 2 rings (SSSR count). The van der Waals surface area contributed by atoms with Gasteiger partial charge in [0.25, 0.3) is 0 Å². The van der Waals surface area contributed by atoms with E-state index in [1.807, 2.05) is 12.1 Å². The van der Waals surface area contributed by atoms with E-state index < -0.39 is 0 Å². The zero-order chi connectivity index (χ0) is 14.0. The van der Waals surface area contributed by atoms with Crippen LogP contribution >= 0.6 is 0 Å². The number of hydrogen-bond donors (Lipinski definition) is 1. The Morgan fingerprint density at radius 1 is 0.900 bits per heavy atom. The Balaban J connectivity index is 1.59.